The molecule has 2 aliphatic rings. The normalized spacial score (nSPS) is 16.1. The smallest absolute Gasteiger partial charge is 0.475 e. The van der Waals surface area contributed by atoms with Crippen molar-refractivity contribution in [1.82, 2.24) is 19.4 Å². The fourth-order valence-corrected chi connectivity index (χ4v) is 3.68. The van der Waals surface area contributed by atoms with Gasteiger partial charge in [-0.25, -0.2) is 14.2 Å². The molecule has 8 nitrogen and oxygen atoms in total. The molecule has 0 spiro atoms. The molecule has 1 saturated heterocycles. The van der Waals surface area contributed by atoms with Crippen LogP contribution in [0.25, 0.3) is 0 Å². The number of carboxylic acid groups (broad SMARTS) is 1. The summed E-state index contributed by atoms with van der Waals surface area (Å²) < 4.78 is 47.3. The van der Waals surface area contributed by atoms with Gasteiger partial charge in [0.05, 0.1) is 30.8 Å². The summed E-state index contributed by atoms with van der Waals surface area (Å²) in [6, 6.07) is 5.79. The van der Waals surface area contributed by atoms with Gasteiger partial charge in [-0.05, 0) is 31.0 Å². The van der Waals surface area contributed by atoms with Crippen LogP contribution in [-0.2, 0) is 29.2 Å². The van der Waals surface area contributed by atoms with Crippen molar-refractivity contribution < 1.29 is 37.1 Å². The van der Waals surface area contributed by atoms with Gasteiger partial charge < -0.3 is 19.5 Å². The van der Waals surface area contributed by atoms with E-state index in [9.17, 15) is 27.2 Å². The van der Waals surface area contributed by atoms with E-state index >= 15 is 0 Å². The Morgan fingerprint density at radius 1 is 1.12 bits per heavy atom. The summed E-state index contributed by atoms with van der Waals surface area (Å²) in [5, 5.41) is 7.12. The van der Waals surface area contributed by atoms with E-state index in [1.807, 2.05) is 4.90 Å². The highest BCUT2D eigenvalue weighted by Crippen LogP contribution is 2.21. The number of likely N-dealkylation sites (tertiary alicyclic amines) is 1. The predicted octanol–water partition coefficient (Wildman–Crippen LogP) is 2.82. The van der Waals surface area contributed by atoms with Crippen molar-refractivity contribution in [3.05, 3.63) is 53.4 Å². The van der Waals surface area contributed by atoms with Crippen molar-refractivity contribution in [2.24, 2.45) is 0 Å². The van der Waals surface area contributed by atoms with E-state index in [0.717, 1.165) is 37.3 Å². The lowest BCUT2D eigenvalue weighted by molar-refractivity contribution is -0.192. The highest BCUT2D eigenvalue weighted by molar-refractivity contribution is 5.94. The van der Waals surface area contributed by atoms with Crippen LogP contribution in [0.3, 0.4) is 0 Å². The number of aliphatic carboxylic acids is 1. The molecule has 33 heavy (non-hydrogen) atoms. The van der Waals surface area contributed by atoms with Gasteiger partial charge >= 0.3 is 12.1 Å². The summed E-state index contributed by atoms with van der Waals surface area (Å²) in [5.74, 6) is -3.19. The first kappa shape index (κ1) is 24.2. The van der Waals surface area contributed by atoms with Crippen LogP contribution in [-0.4, -0.2) is 61.5 Å². The molecule has 3 heterocycles. The maximum Gasteiger partial charge on any atom is 0.490 e. The van der Waals surface area contributed by atoms with Crippen molar-refractivity contribution in [3.8, 4) is 0 Å². The van der Waals surface area contributed by atoms with E-state index < -0.39 is 18.0 Å². The van der Waals surface area contributed by atoms with E-state index in [2.05, 4.69) is 9.55 Å². The highest BCUT2D eigenvalue weighted by Gasteiger charge is 2.38. The fourth-order valence-electron chi connectivity index (χ4n) is 3.68. The Morgan fingerprint density at radius 3 is 2.45 bits per heavy atom. The van der Waals surface area contributed by atoms with Gasteiger partial charge in [-0.3, -0.25) is 9.59 Å². The number of alkyl halides is 3. The number of rotatable bonds is 3. The van der Waals surface area contributed by atoms with Crippen LogP contribution in [0.2, 0.25) is 0 Å². The third-order valence-electron chi connectivity index (χ3n) is 5.31. The minimum absolute atomic E-state index is 0.160. The number of carboxylic acids is 1. The molecule has 178 valence electrons. The minimum Gasteiger partial charge on any atom is -0.475 e. The molecule has 1 aromatic carbocycles. The topological polar surface area (TPSA) is 95.7 Å². The number of imidazole rings is 1. The average Bonchev–Trinajstić information content (AvgIpc) is 3.25. The van der Waals surface area contributed by atoms with Crippen LogP contribution in [0.5, 0.6) is 0 Å². The van der Waals surface area contributed by atoms with E-state index in [1.54, 1.807) is 23.4 Å². The summed E-state index contributed by atoms with van der Waals surface area (Å²) in [7, 11) is 0. The monoisotopic (exact) mass is 470 g/mol. The minimum atomic E-state index is -5.08. The highest BCUT2D eigenvalue weighted by atomic mass is 19.4. The van der Waals surface area contributed by atoms with Crippen molar-refractivity contribution in [2.45, 2.75) is 45.1 Å². The summed E-state index contributed by atoms with van der Waals surface area (Å²) in [4.78, 5) is 41.7. The molecular weight excluding hydrogens is 448 g/mol. The van der Waals surface area contributed by atoms with Gasteiger partial charge in [0.2, 0.25) is 5.91 Å². The van der Waals surface area contributed by atoms with Gasteiger partial charge in [0.15, 0.2) is 0 Å². The molecule has 1 aromatic heterocycles. The van der Waals surface area contributed by atoms with Crippen LogP contribution in [0.15, 0.2) is 30.6 Å². The largest absolute Gasteiger partial charge is 0.490 e. The summed E-state index contributed by atoms with van der Waals surface area (Å²) in [6.07, 6.45) is -0.993. The number of amides is 2. The molecule has 2 aromatic rings. The van der Waals surface area contributed by atoms with Crippen molar-refractivity contribution in [1.29, 1.82) is 0 Å². The molecule has 1 N–H and O–H groups in total. The predicted molar refractivity (Wildman–Crippen MR) is 106 cm³/mol. The average molecular weight is 470 g/mol. The second-order valence-corrected chi connectivity index (χ2v) is 7.64. The molecule has 2 aliphatic heterocycles. The summed E-state index contributed by atoms with van der Waals surface area (Å²) >= 11 is 0. The Balaban J connectivity index is 0.000000383. The van der Waals surface area contributed by atoms with E-state index in [1.165, 1.54) is 12.1 Å². The number of aromatic nitrogens is 2. The second kappa shape index (κ2) is 10.0. The maximum atomic E-state index is 13.5. The van der Waals surface area contributed by atoms with E-state index in [-0.39, 0.29) is 11.8 Å². The third kappa shape index (κ3) is 6.08. The van der Waals surface area contributed by atoms with E-state index in [0.29, 0.717) is 31.6 Å². The van der Waals surface area contributed by atoms with Crippen LogP contribution in [0, 0.1) is 5.82 Å². The van der Waals surface area contributed by atoms with Crippen molar-refractivity contribution in [2.75, 3.05) is 13.1 Å². The Kier molecular flexibility index (Phi) is 7.34. The number of nitrogens with zero attached hydrogens (tertiary/aromatic N) is 4. The van der Waals surface area contributed by atoms with Gasteiger partial charge in [-0.15, -0.1) is 0 Å². The zero-order chi connectivity index (χ0) is 24.2. The number of carbonyl (C=O) groups excluding carboxylic acids is 2. The Labute approximate surface area is 186 Å². The summed E-state index contributed by atoms with van der Waals surface area (Å²) in [6.45, 7) is 3.06. The molecular formula is C21H22F4N4O4. The van der Waals surface area contributed by atoms with Gasteiger partial charge in [0.25, 0.3) is 5.91 Å². The fraction of sp³-hybridized carbons (Fsp3) is 0.429. The third-order valence-corrected chi connectivity index (χ3v) is 5.31. The lowest BCUT2D eigenvalue weighted by Crippen LogP contribution is -2.31. The zero-order valence-corrected chi connectivity index (χ0v) is 17.5. The Morgan fingerprint density at radius 2 is 1.85 bits per heavy atom. The number of carbonyl (C=O) groups is 3. The number of aryl methyl sites for hydroxylation is 1. The van der Waals surface area contributed by atoms with Gasteiger partial charge in [-0.1, -0.05) is 6.07 Å². The van der Waals surface area contributed by atoms with Crippen molar-refractivity contribution >= 4 is 17.8 Å². The molecule has 1 fully saturated rings. The van der Waals surface area contributed by atoms with Crippen LogP contribution >= 0.6 is 0 Å². The quantitative estimate of drug-likeness (QED) is 0.697. The zero-order valence-electron chi connectivity index (χ0n) is 17.5. The molecule has 0 radical (unpaired) electrons. The first-order chi connectivity index (χ1) is 15.6. The summed E-state index contributed by atoms with van der Waals surface area (Å²) in [5.41, 5.74) is 2.17. The first-order valence-electron chi connectivity index (χ1n) is 10.2. The van der Waals surface area contributed by atoms with Crippen molar-refractivity contribution in [3.63, 3.8) is 0 Å². The second-order valence-electron chi connectivity index (χ2n) is 7.64. The molecule has 0 saturated carbocycles. The molecule has 12 heteroatoms. The number of halogens is 4. The van der Waals surface area contributed by atoms with Gasteiger partial charge in [-0.2, -0.15) is 13.2 Å². The maximum absolute atomic E-state index is 13.5. The van der Waals surface area contributed by atoms with E-state index in [4.69, 9.17) is 9.90 Å². The lowest BCUT2D eigenvalue weighted by Gasteiger charge is -2.21. The standard InChI is InChI=1S/C19H21FN4O2.C2HF3O2/c20-15-5-1-4-14(10-15)19(26)23-8-3-9-24-13-21-16(17(24)12-23)11-22-7-2-6-18(22)25;3-2(4,5)1(6)7/h1,4-5,10,13H,2-3,6-9,11-12H2;(H,6,7). The van der Waals surface area contributed by atoms with Crippen LogP contribution < -0.4 is 0 Å². The molecule has 0 aliphatic carbocycles. The molecule has 0 atom stereocenters. The SMILES string of the molecule is O=C(O)C(F)(F)F.O=C1CCCN1Cc1ncn2c1CN(C(=O)c1cccc(F)c1)CCC2. The van der Waals surface area contributed by atoms with Gasteiger partial charge in [0, 0.05) is 31.6 Å². The molecule has 2 amide bonds. The molecule has 0 bridgehead atoms. The van der Waals surface area contributed by atoms with Crippen LogP contribution in [0.4, 0.5) is 17.6 Å². The number of hydrogen-bond donors (Lipinski definition) is 1. The number of benzene rings is 1. The Bertz CT molecular complexity index is 1040. The van der Waals surface area contributed by atoms with Crippen LogP contribution in [0.1, 0.15) is 41.0 Å². The lowest BCUT2D eigenvalue weighted by atomic mass is 10.2. The van der Waals surface area contributed by atoms with Gasteiger partial charge in [0.1, 0.15) is 5.82 Å². The number of fused-ring (bicyclic) bond motifs is 1. The molecule has 0 unspecified atom stereocenters. The Hall–Kier alpha value is -3.44. The first-order valence-corrected chi connectivity index (χ1v) is 10.2. The molecule has 4 rings (SSSR count). The number of hydrogen-bond acceptors (Lipinski definition) is 4.